The van der Waals surface area contributed by atoms with Crippen molar-refractivity contribution in [2.45, 2.75) is 12.5 Å². The Balaban J connectivity index is 2.20. The van der Waals surface area contributed by atoms with E-state index in [0.717, 1.165) is 0 Å². The van der Waals surface area contributed by atoms with Crippen molar-refractivity contribution in [3.63, 3.8) is 0 Å². The van der Waals surface area contributed by atoms with Crippen LogP contribution in [0.4, 0.5) is 4.39 Å². The van der Waals surface area contributed by atoms with Crippen molar-refractivity contribution in [2.24, 2.45) is 0 Å². The van der Waals surface area contributed by atoms with Gasteiger partial charge in [0.2, 0.25) is 0 Å². The summed E-state index contributed by atoms with van der Waals surface area (Å²) in [6.07, 6.45) is -0.766. The zero-order valence-corrected chi connectivity index (χ0v) is 9.18. The lowest BCUT2D eigenvalue weighted by Crippen LogP contribution is -2.03. The van der Waals surface area contributed by atoms with Crippen LogP contribution in [0.15, 0.2) is 48.5 Å². The van der Waals surface area contributed by atoms with E-state index < -0.39 is 6.10 Å². The maximum atomic E-state index is 13.4. The topological polar surface area (TPSA) is 40.5 Å². The average molecular weight is 232 g/mol. The quantitative estimate of drug-likeness (QED) is 0.854. The van der Waals surface area contributed by atoms with Crippen molar-refractivity contribution in [3.8, 4) is 5.75 Å². The molecule has 0 spiro atoms. The molecule has 0 amide bonds. The minimum absolute atomic E-state index is 0.0244. The maximum absolute atomic E-state index is 13.4. The van der Waals surface area contributed by atoms with E-state index in [1.807, 2.05) is 0 Å². The first-order chi connectivity index (χ1) is 8.18. The minimum Gasteiger partial charge on any atom is -0.508 e. The lowest BCUT2D eigenvalue weighted by molar-refractivity contribution is 0.173. The van der Waals surface area contributed by atoms with Gasteiger partial charge in [-0.15, -0.1) is 0 Å². The van der Waals surface area contributed by atoms with Crippen LogP contribution in [0.25, 0.3) is 0 Å². The van der Waals surface area contributed by atoms with Crippen LogP contribution in [-0.4, -0.2) is 10.2 Å². The van der Waals surface area contributed by atoms with Gasteiger partial charge in [-0.3, -0.25) is 0 Å². The number of aliphatic hydroxyl groups excluding tert-OH is 1. The van der Waals surface area contributed by atoms with E-state index in [1.54, 1.807) is 36.4 Å². The summed E-state index contributed by atoms with van der Waals surface area (Å²) in [5, 5.41) is 19.5. The zero-order chi connectivity index (χ0) is 12.3. The van der Waals surface area contributed by atoms with Crippen LogP contribution < -0.4 is 0 Å². The molecular weight excluding hydrogens is 219 g/mol. The number of para-hydroxylation sites is 1. The first-order valence-corrected chi connectivity index (χ1v) is 5.38. The third-order valence-corrected chi connectivity index (χ3v) is 2.67. The molecule has 0 heterocycles. The molecule has 0 aliphatic rings. The fourth-order valence-electron chi connectivity index (χ4n) is 1.75. The van der Waals surface area contributed by atoms with Gasteiger partial charge in [0.25, 0.3) is 0 Å². The Morgan fingerprint density at radius 2 is 1.65 bits per heavy atom. The summed E-state index contributed by atoms with van der Waals surface area (Å²) in [5.41, 5.74) is 0.846. The molecule has 0 bridgehead atoms. The highest BCUT2D eigenvalue weighted by Crippen LogP contribution is 2.26. The summed E-state index contributed by atoms with van der Waals surface area (Å²) in [6.45, 7) is 0. The predicted molar refractivity (Wildman–Crippen MR) is 63.2 cm³/mol. The van der Waals surface area contributed by atoms with Gasteiger partial charge in [0.05, 0.1) is 6.10 Å². The average Bonchev–Trinajstić information content (AvgIpc) is 2.32. The molecule has 2 rings (SSSR count). The molecule has 0 aliphatic heterocycles. The van der Waals surface area contributed by atoms with Gasteiger partial charge in [0.15, 0.2) is 0 Å². The minimum atomic E-state index is -0.909. The Labute approximate surface area is 99.0 Å². The van der Waals surface area contributed by atoms with Crippen molar-refractivity contribution in [3.05, 3.63) is 65.5 Å². The summed E-state index contributed by atoms with van der Waals surface area (Å²) in [7, 11) is 0. The number of phenols is 1. The molecule has 0 saturated carbocycles. The van der Waals surface area contributed by atoms with Gasteiger partial charge < -0.3 is 10.2 Å². The van der Waals surface area contributed by atoms with E-state index in [0.29, 0.717) is 11.1 Å². The first kappa shape index (κ1) is 11.6. The second-order valence-electron chi connectivity index (χ2n) is 3.87. The van der Waals surface area contributed by atoms with E-state index >= 15 is 0 Å². The lowest BCUT2D eigenvalue weighted by Gasteiger charge is -2.12. The number of phenolic OH excluding ortho intramolecular Hbond substituents is 1. The highest BCUT2D eigenvalue weighted by Gasteiger charge is 2.14. The van der Waals surface area contributed by atoms with Gasteiger partial charge in [-0.25, -0.2) is 4.39 Å². The van der Waals surface area contributed by atoms with Gasteiger partial charge >= 0.3 is 0 Å². The van der Waals surface area contributed by atoms with Crippen molar-refractivity contribution in [2.75, 3.05) is 0 Å². The fourth-order valence-corrected chi connectivity index (χ4v) is 1.75. The van der Waals surface area contributed by atoms with Gasteiger partial charge in [0.1, 0.15) is 11.6 Å². The van der Waals surface area contributed by atoms with E-state index in [9.17, 15) is 14.6 Å². The molecule has 17 heavy (non-hydrogen) atoms. The number of rotatable bonds is 3. The van der Waals surface area contributed by atoms with Crippen molar-refractivity contribution >= 4 is 0 Å². The molecule has 0 aliphatic carbocycles. The predicted octanol–water partition coefficient (Wildman–Crippen LogP) is 2.81. The molecule has 0 aromatic heterocycles. The smallest absolute Gasteiger partial charge is 0.126 e. The standard InChI is InChI=1S/C14H13FO2/c15-12-7-3-1-5-10(12)9-14(17)11-6-2-4-8-13(11)16/h1-8,14,16-17H,9H2/t14-/m0/s1. The molecule has 2 aromatic rings. The monoisotopic (exact) mass is 232 g/mol. The third-order valence-electron chi connectivity index (χ3n) is 2.67. The summed E-state index contributed by atoms with van der Waals surface area (Å²) in [4.78, 5) is 0. The normalized spacial score (nSPS) is 12.4. The summed E-state index contributed by atoms with van der Waals surface area (Å²) in [6, 6.07) is 12.8. The Kier molecular flexibility index (Phi) is 3.40. The van der Waals surface area contributed by atoms with Crippen molar-refractivity contribution in [1.82, 2.24) is 0 Å². The maximum Gasteiger partial charge on any atom is 0.126 e. The Hall–Kier alpha value is -1.87. The Morgan fingerprint density at radius 1 is 1.00 bits per heavy atom. The summed E-state index contributed by atoms with van der Waals surface area (Å²) >= 11 is 0. The van der Waals surface area contributed by atoms with Gasteiger partial charge in [-0.1, -0.05) is 36.4 Å². The largest absolute Gasteiger partial charge is 0.508 e. The van der Waals surface area contributed by atoms with Crippen LogP contribution in [0, 0.1) is 5.82 Å². The van der Waals surface area contributed by atoms with Crippen LogP contribution in [0.5, 0.6) is 5.75 Å². The van der Waals surface area contributed by atoms with Crippen LogP contribution in [0.2, 0.25) is 0 Å². The van der Waals surface area contributed by atoms with Crippen LogP contribution in [0.1, 0.15) is 17.2 Å². The molecule has 0 fully saturated rings. The number of aromatic hydroxyl groups is 1. The van der Waals surface area contributed by atoms with E-state index in [-0.39, 0.29) is 18.0 Å². The van der Waals surface area contributed by atoms with Gasteiger partial charge in [-0.05, 0) is 17.7 Å². The number of benzene rings is 2. The molecule has 0 unspecified atom stereocenters. The lowest BCUT2D eigenvalue weighted by atomic mass is 10.0. The summed E-state index contributed by atoms with van der Waals surface area (Å²) in [5.74, 6) is -0.321. The van der Waals surface area contributed by atoms with E-state index in [1.165, 1.54) is 12.1 Å². The van der Waals surface area contributed by atoms with Crippen molar-refractivity contribution in [1.29, 1.82) is 0 Å². The molecular formula is C14H13FO2. The molecule has 0 saturated heterocycles. The third kappa shape index (κ3) is 2.63. The molecule has 0 radical (unpaired) electrons. The van der Waals surface area contributed by atoms with E-state index in [2.05, 4.69) is 0 Å². The molecule has 2 N–H and O–H groups in total. The number of halogens is 1. The Bertz CT molecular complexity index is 511. The highest BCUT2D eigenvalue weighted by atomic mass is 19.1. The SMILES string of the molecule is Oc1ccccc1[C@@H](O)Cc1ccccc1F. The molecule has 1 atom stereocenters. The van der Waals surface area contributed by atoms with Crippen molar-refractivity contribution < 1.29 is 14.6 Å². The Morgan fingerprint density at radius 3 is 2.35 bits per heavy atom. The fraction of sp³-hybridized carbons (Fsp3) is 0.143. The van der Waals surface area contributed by atoms with Crippen LogP contribution >= 0.6 is 0 Å². The number of hydrogen-bond donors (Lipinski definition) is 2. The number of hydrogen-bond acceptors (Lipinski definition) is 2. The van der Waals surface area contributed by atoms with Gasteiger partial charge in [-0.2, -0.15) is 0 Å². The molecule has 88 valence electrons. The zero-order valence-electron chi connectivity index (χ0n) is 9.18. The molecule has 2 nitrogen and oxygen atoms in total. The first-order valence-electron chi connectivity index (χ1n) is 5.38. The molecule has 3 heteroatoms. The highest BCUT2D eigenvalue weighted by molar-refractivity contribution is 5.34. The van der Waals surface area contributed by atoms with Crippen LogP contribution in [-0.2, 0) is 6.42 Å². The van der Waals surface area contributed by atoms with Gasteiger partial charge in [0, 0.05) is 12.0 Å². The summed E-state index contributed by atoms with van der Waals surface area (Å²) < 4.78 is 13.4. The van der Waals surface area contributed by atoms with E-state index in [4.69, 9.17) is 0 Å². The molecule has 2 aromatic carbocycles. The second kappa shape index (κ2) is 4.97. The second-order valence-corrected chi connectivity index (χ2v) is 3.87. The van der Waals surface area contributed by atoms with Crippen LogP contribution in [0.3, 0.4) is 0 Å². The number of aliphatic hydroxyl groups is 1.